The van der Waals surface area contributed by atoms with Gasteiger partial charge in [0.2, 0.25) is 0 Å². The lowest BCUT2D eigenvalue weighted by Crippen LogP contribution is -1.93. The third-order valence-corrected chi connectivity index (χ3v) is 3.23. The van der Waals surface area contributed by atoms with Gasteiger partial charge in [-0.25, -0.2) is 4.98 Å². The van der Waals surface area contributed by atoms with Crippen LogP contribution in [0.1, 0.15) is 11.3 Å². The number of nitriles is 1. The molecule has 0 unspecified atom stereocenters. The average Bonchev–Trinajstić information content (AvgIpc) is 2.32. The molecule has 5 heteroatoms. The normalized spacial score (nSPS) is 9.88. The summed E-state index contributed by atoms with van der Waals surface area (Å²) < 4.78 is 0. The number of nitrogens with two attached hydrogens (primary N) is 1. The highest BCUT2D eigenvalue weighted by molar-refractivity contribution is 7.99. The molecule has 0 aliphatic heterocycles. The second-order valence-electron chi connectivity index (χ2n) is 3.43. The van der Waals surface area contributed by atoms with E-state index in [1.54, 1.807) is 18.5 Å². The Balaban J connectivity index is 2.40. The molecule has 0 amide bonds. The van der Waals surface area contributed by atoms with Gasteiger partial charge >= 0.3 is 0 Å². The van der Waals surface area contributed by atoms with E-state index in [9.17, 15) is 0 Å². The molecule has 17 heavy (non-hydrogen) atoms. The highest BCUT2D eigenvalue weighted by Crippen LogP contribution is 2.31. The van der Waals surface area contributed by atoms with Gasteiger partial charge < -0.3 is 5.73 Å². The summed E-state index contributed by atoms with van der Waals surface area (Å²) in [5, 5.41) is 9.68. The molecule has 4 nitrogen and oxygen atoms in total. The van der Waals surface area contributed by atoms with Crippen LogP contribution in [0.25, 0.3) is 0 Å². The van der Waals surface area contributed by atoms with Gasteiger partial charge in [0, 0.05) is 16.8 Å². The molecule has 2 aromatic heterocycles. The number of nitrogens with zero attached hydrogens (tertiary/aromatic N) is 3. The summed E-state index contributed by atoms with van der Waals surface area (Å²) >= 11 is 1.38. The zero-order valence-corrected chi connectivity index (χ0v) is 10.0. The minimum atomic E-state index is 0.553. The number of pyridine rings is 2. The molecule has 0 spiro atoms. The Morgan fingerprint density at radius 1 is 1.35 bits per heavy atom. The molecule has 2 N–H and O–H groups in total. The van der Waals surface area contributed by atoms with Crippen molar-refractivity contribution in [2.45, 2.75) is 16.8 Å². The topological polar surface area (TPSA) is 75.6 Å². The summed E-state index contributed by atoms with van der Waals surface area (Å²) in [6, 6.07) is 7.52. The predicted molar refractivity (Wildman–Crippen MR) is 66.5 cm³/mol. The smallest absolute Gasteiger partial charge is 0.119 e. The molecular formula is C12H10N4S. The lowest BCUT2D eigenvalue weighted by Gasteiger charge is -2.05. The first-order valence-electron chi connectivity index (χ1n) is 4.96. The first kappa shape index (κ1) is 11.4. The van der Waals surface area contributed by atoms with E-state index in [2.05, 4.69) is 16.0 Å². The summed E-state index contributed by atoms with van der Waals surface area (Å²) in [5.41, 5.74) is 7.82. The molecule has 2 aromatic rings. The Morgan fingerprint density at radius 2 is 2.18 bits per heavy atom. The fraction of sp³-hybridized carbons (Fsp3) is 0.0833. The van der Waals surface area contributed by atoms with Crippen molar-refractivity contribution >= 4 is 17.4 Å². The van der Waals surface area contributed by atoms with Gasteiger partial charge in [-0.05, 0) is 25.1 Å². The Kier molecular flexibility index (Phi) is 3.26. The minimum Gasteiger partial charge on any atom is -0.397 e. The van der Waals surface area contributed by atoms with Gasteiger partial charge in [-0.1, -0.05) is 11.8 Å². The van der Waals surface area contributed by atoms with E-state index in [4.69, 9.17) is 11.0 Å². The number of hydrogen-bond donors (Lipinski definition) is 1. The van der Waals surface area contributed by atoms with Crippen LogP contribution in [0, 0.1) is 18.3 Å². The second kappa shape index (κ2) is 4.85. The van der Waals surface area contributed by atoms with Crippen LogP contribution in [0.4, 0.5) is 5.69 Å². The van der Waals surface area contributed by atoms with E-state index >= 15 is 0 Å². The standard InChI is InChI=1S/C12H10N4S/c1-8-2-3-9(6-13)12(16-8)17-11-4-5-15-7-10(11)14/h2-5,7H,14H2,1H3. The zero-order valence-electron chi connectivity index (χ0n) is 9.21. The van der Waals surface area contributed by atoms with Gasteiger partial charge in [0.05, 0.1) is 17.4 Å². The molecule has 0 saturated heterocycles. The Labute approximate surface area is 104 Å². The van der Waals surface area contributed by atoms with Gasteiger partial charge in [-0.2, -0.15) is 5.26 Å². The van der Waals surface area contributed by atoms with E-state index in [1.165, 1.54) is 11.8 Å². The van der Waals surface area contributed by atoms with E-state index < -0.39 is 0 Å². The Morgan fingerprint density at radius 3 is 2.88 bits per heavy atom. The molecule has 2 rings (SSSR count). The van der Waals surface area contributed by atoms with Crippen LogP contribution >= 0.6 is 11.8 Å². The predicted octanol–water partition coefficient (Wildman–Crippen LogP) is 2.39. The van der Waals surface area contributed by atoms with E-state index in [0.717, 1.165) is 10.6 Å². The molecular weight excluding hydrogens is 232 g/mol. The summed E-state index contributed by atoms with van der Waals surface area (Å²) in [5.74, 6) is 0. The molecule has 84 valence electrons. The van der Waals surface area contributed by atoms with Crippen molar-refractivity contribution in [1.29, 1.82) is 5.26 Å². The number of rotatable bonds is 2. The van der Waals surface area contributed by atoms with Crippen LogP contribution in [-0.4, -0.2) is 9.97 Å². The third kappa shape index (κ3) is 2.55. The van der Waals surface area contributed by atoms with Crippen LogP contribution in [0.15, 0.2) is 40.5 Å². The van der Waals surface area contributed by atoms with Gasteiger partial charge in [0.1, 0.15) is 11.1 Å². The van der Waals surface area contributed by atoms with Crippen LogP contribution in [-0.2, 0) is 0 Å². The maximum atomic E-state index is 9.01. The van der Waals surface area contributed by atoms with E-state index in [1.807, 2.05) is 19.1 Å². The molecule has 0 radical (unpaired) electrons. The SMILES string of the molecule is Cc1ccc(C#N)c(Sc2ccncc2N)n1. The Hall–Kier alpha value is -2.06. The second-order valence-corrected chi connectivity index (χ2v) is 4.46. The van der Waals surface area contributed by atoms with Crippen molar-refractivity contribution in [3.63, 3.8) is 0 Å². The highest BCUT2D eigenvalue weighted by atomic mass is 32.2. The average molecular weight is 242 g/mol. The number of nitrogen functional groups attached to an aromatic ring is 1. The summed E-state index contributed by atoms with van der Waals surface area (Å²) in [6.07, 6.45) is 3.25. The fourth-order valence-electron chi connectivity index (χ4n) is 1.29. The van der Waals surface area contributed by atoms with Gasteiger partial charge in [-0.3, -0.25) is 4.98 Å². The highest BCUT2D eigenvalue weighted by Gasteiger charge is 2.08. The van der Waals surface area contributed by atoms with Gasteiger partial charge in [0.15, 0.2) is 0 Å². The molecule has 0 atom stereocenters. The first-order chi connectivity index (χ1) is 8.20. The zero-order chi connectivity index (χ0) is 12.3. The molecule has 0 aromatic carbocycles. The monoisotopic (exact) mass is 242 g/mol. The molecule has 0 aliphatic rings. The number of aryl methyl sites for hydroxylation is 1. The quantitative estimate of drug-likeness (QED) is 0.875. The lowest BCUT2D eigenvalue weighted by atomic mass is 10.3. The van der Waals surface area contributed by atoms with Crippen molar-refractivity contribution in [2.24, 2.45) is 0 Å². The van der Waals surface area contributed by atoms with Crippen molar-refractivity contribution in [2.75, 3.05) is 5.73 Å². The molecule has 0 aliphatic carbocycles. The van der Waals surface area contributed by atoms with Crippen LogP contribution in [0.2, 0.25) is 0 Å². The number of aromatic nitrogens is 2. The lowest BCUT2D eigenvalue weighted by molar-refractivity contribution is 1.05. The summed E-state index contributed by atoms with van der Waals surface area (Å²) in [7, 11) is 0. The largest absolute Gasteiger partial charge is 0.397 e. The maximum Gasteiger partial charge on any atom is 0.119 e. The molecule has 2 heterocycles. The van der Waals surface area contributed by atoms with Crippen LogP contribution in [0.3, 0.4) is 0 Å². The molecule has 0 bridgehead atoms. The van der Waals surface area contributed by atoms with Crippen molar-refractivity contribution in [1.82, 2.24) is 9.97 Å². The number of hydrogen-bond acceptors (Lipinski definition) is 5. The van der Waals surface area contributed by atoms with Crippen LogP contribution in [0.5, 0.6) is 0 Å². The summed E-state index contributed by atoms with van der Waals surface area (Å²) in [4.78, 5) is 9.12. The molecule has 0 fully saturated rings. The van der Waals surface area contributed by atoms with Gasteiger partial charge in [-0.15, -0.1) is 0 Å². The number of anilines is 1. The maximum absolute atomic E-state index is 9.01. The third-order valence-electron chi connectivity index (χ3n) is 2.14. The molecule has 0 saturated carbocycles. The fourth-order valence-corrected chi connectivity index (χ4v) is 2.21. The summed E-state index contributed by atoms with van der Waals surface area (Å²) in [6.45, 7) is 1.89. The van der Waals surface area contributed by atoms with Crippen molar-refractivity contribution in [3.8, 4) is 6.07 Å². The minimum absolute atomic E-state index is 0.553. The first-order valence-corrected chi connectivity index (χ1v) is 5.77. The van der Waals surface area contributed by atoms with Crippen molar-refractivity contribution in [3.05, 3.63) is 41.9 Å². The Bertz CT molecular complexity index is 589. The van der Waals surface area contributed by atoms with Gasteiger partial charge in [0.25, 0.3) is 0 Å². The van der Waals surface area contributed by atoms with E-state index in [-0.39, 0.29) is 0 Å². The van der Waals surface area contributed by atoms with E-state index in [0.29, 0.717) is 16.3 Å². The van der Waals surface area contributed by atoms with Crippen LogP contribution < -0.4 is 5.73 Å². The van der Waals surface area contributed by atoms with Crippen molar-refractivity contribution < 1.29 is 0 Å².